The van der Waals surface area contributed by atoms with Crippen LogP contribution in [0.4, 0.5) is 8.78 Å². The van der Waals surface area contributed by atoms with Crippen molar-refractivity contribution in [1.29, 1.82) is 0 Å². The smallest absolute Gasteiger partial charge is 0.165 e. The number of rotatable bonds is 2. The van der Waals surface area contributed by atoms with Crippen molar-refractivity contribution in [3.8, 4) is 5.75 Å². The van der Waals surface area contributed by atoms with E-state index in [2.05, 4.69) is 0 Å². The molecule has 5 heteroatoms. The van der Waals surface area contributed by atoms with Crippen LogP contribution in [0, 0.1) is 11.6 Å². The van der Waals surface area contributed by atoms with Crippen molar-refractivity contribution >= 4 is 0 Å². The average molecular weight is 189 g/mol. The minimum absolute atomic E-state index is 0.155. The zero-order chi connectivity index (χ0) is 10.0. The summed E-state index contributed by atoms with van der Waals surface area (Å²) in [5.41, 5.74) is 5.12. The highest BCUT2D eigenvalue weighted by Gasteiger charge is 2.14. The Kier molecular flexibility index (Phi) is 2.79. The van der Waals surface area contributed by atoms with Gasteiger partial charge in [0.25, 0.3) is 0 Å². The fourth-order valence-corrected chi connectivity index (χ4v) is 0.934. The third kappa shape index (κ3) is 1.93. The first-order valence-electron chi connectivity index (χ1n) is 3.60. The van der Waals surface area contributed by atoms with Gasteiger partial charge in [0.1, 0.15) is 5.82 Å². The van der Waals surface area contributed by atoms with Crippen molar-refractivity contribution in [3.63, 3.8) is 0 Å². The van der Waals surface area contributed by atoms with Crippen LogP contribution in [0.3, 0.4) is 0 Å². The molecule has 0 aromatic heterocycles. The van der Waals surface area contributed by atoms with Gasteiger partial charge < -0.3 is 15.9 Å². The molecular formula is C8H9F2NO2. The number of aromatic hydroxyl groups is 1. The van der Waals surface area contributed by atoms with Gasteiger partial charge in [-0.15, -0.1) is 0 Å². The SMILES string of the molecule is N[C@@H](CO)c1cc(F)c(O)cc1F. The number of phenols is 1. The van der Waals surface area contributed by atoms with Gasteiger partial charge in [-0.25, -0.2) is 8.78 Å². The third-order valence-corrected chi connectivity index (χ3v) is 1.66. The molecule has 0 unspecified atom stereocenters. The molecule has 0 radical (unpaired) electrons. The maximum atomic E-state index is 13.0. The monoisotopic (exact) mass is 189 g/mol. The van der Waals surface area contributed by atoms with Gasteiger partial charge >= 0.3 is 0 Å². The maximum absolute atomic E-state index is 13.0. The van der Waals surface area contributed by atoms with Crippen molar-refractivity contribution in [3.05, 3.63) is 29.3 Å². The van der Waals surface area contributed by atoms with E-state index >= 15 is 0 Å². The van der Waals surface area contributed by atoms with Gasteiger partial charge in [0.2, 0.25) is 0 Å². The third-order valence-electron chi connectivity index (χ3n) is 1.66. The summed E-state index contributed by atoms with van der Waals surface area (Å²) in [6, 6.07) is 0.418. The Balaban J connectivity index is 3.15. The summed E-state index contributed by atoms with van der Waals surface area (Å²) < 4.78 is 25.7. The van der Waals surface area contributed by atoms with Gasteiger partial charge in [0, 0.05) is 11.6 Å². The topological polar surface area (TPSA) is 66.5 Å². The molecule has 0 aliphatic rings. The van der Waals surface area contributed by atoms with Crippen LogP contribution >= 0.6 is 0 Å². The summed E-state index contributed by atoms with van der Waals surface area (Å²) in [6.07, 6.45) is 0. The van der Waals surface area contributed by atoms with Crippen molar-refractivity contribution in [2.24, 2.45) is 5.73 Å². The van der Waals surface area contributed by atoms with E-state index in [1.54, 1.807) is 0 Å². The summed E-state index contributed by atoms with van der Waals surface area (Å²) in [5, 5.41) is 17.4. The van der Waals surface area contributed by atoms with Gasteiger partial charge in [-0.2, -0.15) is 0 Å². The Morgan fingerprint density at radius 1 is 1.31 bits per heavy atom. The molecular weight excluding hydrogens is 180 g/mol. The molecule has 0 amide bonds. The van der Waals surface area contributed by atoms with Crippen LogP contribution in [0.1, 0.15) is 11.6 Å². The first-order chi connectivity index (χ1) is 6.06. The molecule has 1 aromatic rings. The second kappa shape index (κ2) is 3.68. The summed E-state index contributed by atoms with van der Waals surface area (Å²) in [6.45, 7) is -0.485. The van der Waals surface area contributed by atoms with Gasteiger partial charge in [0.05, 0.1) is 12.6 Å². The molecule has 3 nitrogen and oxygen atoms in total. The lowest BCUT2D eigenvalue weighted by molar-refractivity contribution is 0.264. The molecule has 72 valence electrons. The molecule has 0 heterocycles. The number of aliphatic hydroxyl groups excluding tert-OH is 1. The fourth-order valence-electron chi connectivity index (χ4n) is 0.934. The molecule has 1 aromatic carbocycles. The number of benzene rings is 1. The molecule has 1 rings (SSSR count). The largest absolute Gasteiger partial charge is 0.505 e. The normalized spacial score (nSPS) is 12.9. The molecule has 0 saturated carbocycles. The minimum Gasteiger partial charge on any atom is -0.505 e. The zero-order valence-electron chi connectivity index (χ0n) is 6.67. The van der Waals surface area contributed by atoms with Crippen LogP contribution in [0.5, 0.6) is 5.75 Å². The first-order valence-corrected chi connectivity index (χ1v) is 3.60. The van der Waals surface area contributed by atoms with Crippen molar-refractivity contribution < 1.29 is 19.0 Å². The summed E-state index contributed by atoms with van der Waals surface area (Å²) >= 11 is 0. The Bertz CT molecular complexity index is 317. The van der Waals surface area contributed by atoms with E-state index in [0.29, 0.717) is 6.07 Å². The van der Waals surface area contributed by atoms with E-state index in [1.165, 1.54) is 0 Å². The lowest BCUT2D eigenvalue weighted by Gasteiger charge is -2.09. The van der Waals surface area contributed by atoms with Crippen molar-refractivity contribution in [2.45, 2.75) is 6.04 Å². The number of nitrogens with two attached hydrogens (primary N) is 1. The van der Waals surface area contributed by atoms with Crippen LogP contribution in [0.15, 0.2) is 12.1 Å². The summed E-state index contributed by atoms with van der Waals surface area (Å²) in [7, 11) is 0. The van der Waals surface area contributed by atoms with Gasteiger partial charge in [-0.3, -0.25) is 0 Å². The molecule has 0 aliphatic carbocycles. The number of phenolic OH excluding ortho intramolecular Hbond substituents is 1. The highest BCUT2D eigenvalue weighted by Crippen LogP contribution is 2.23. The van der Waals surface area contributed by atoms with Crippen LogP contribution < -0.4 is 5.73 Å². The molecule has 0 bridgehead atoms. The van der Waals surface area contributed by atoms with Crippen molar-refractivity contribution in [1.82, 2.24) is 0 Å². The summed E-state index contributed by atoms with van der Waals surface area (Å²) in [4.78, 5) is 0. The first kappa shape index (κ1) is 9.88. The van der Waals surface area contributed by atoms with Gasteiger partial charge in [0.15, 0.2) is 11.6 Å². The molecule has 4 N–H and O–H groups in total. The summed E-state index contributed by atoms with van der Waals surface area (Å²) in [5.74, 6) is -2.56. The Morgan fingerprint density at radius 2 is 1.92 bits per heavy atom. The molecule has 0 fully saturated rings. The Labute approximate surface area is 73.4 Å². The Hall–Kier alpha value is -1.20. The zero-order valence-corrected chi connectivity index (χ0v) is 6.67. The number of hydrogen-bond donors (Lipinski definition) is 3. The second-order valence-corrected chi connectivity index (χ2v) is 2.61. The highest BCUT2D eigenvalue weighted by molar-refractivity contribution is 5.31. The highest BCUT2D eigenvalue weighted by atomic mass is 19.1. The second-order valence-electron chi connectivity index (χ2n) is 2.61. The molecule has 1 atom stereocenters. The molecule has 13 heavy (non-hydrogen) atoms. The van der Waals surface area contributed by atoms with E-state index in [-0.39, 0.29) is 5.56 Å². The molecule has 0 spiro atoms. The quantitative estimate of drug-likeness (QED) is 0.640. The van der Waals surface area contributed by atoms with E-state index < -0.39 is 30.0 Å². The Morgan fingerprint density at radius 3 is 2.46 bits per heavy atom. The van der Waals surface area contributed by atoms with Gasteiger partial charge in [-0.1, -0.05) is 0 Å². The van der Waals surface area contributed by atoms with Crippen LogP contribution in [0.2, 0.25) is 0 Å². The van der Waals surface area contributed by atoms with Crippen LogP contribution in [-0.2, 0) is 0 Å². The van der Waals surface area contributed by atoms with Crippen LogP contribution in [0.25, 0.3) is 0 Å². The number of aliphatic hydroxyl groups is 1. The van der Waals surface area contributed by atoms with Crippen LogP contribution in [-0.4, -0.2) is 16.8 Å². The maximum Gasteiger partial charge on any atom is 0.165 e. The minimum atomic E-state index is -0.977. The molecule has 0 saturated heterocycles. The average Bonchev–Trinajstić information content (AvgIpc) is 2.10. The van der Waals surface area contributed by atoms with E-state index in [0.717, 1.165) is 6.07 Å². The standard InChI is InChI=1S/C8H9F2NO2/c9-5-2-8(13)6(10)1-4(5)7(11)3-12/h1-2,7,12-13H,3,11H2/t7-/m0/s1. The van der Waals surface area contributed by atoms with E-state index in [9.17, 15) is 8.78 Å². The van der Waals surface area contributed by atoms with E-state index in [1.807, 2.05) is 0 Å². The predicted molar refractivity (Wildman–Crippen MR) is 42.0 cm³/mol. The molecule has 0 aliphatic heterocycles. The fraction of sp³-hybridized carbons (Fsp3) is 0.250. The predicted octanol–water partition coefficient (Wildman–Crippen LogP) is 0.662. The number of halogens is 2. The number of hydrogen-bond acceptors (Lipinski definition) is 3. The van der Waals surface area contributed by atoms with Crippen molar-refractivity contribution in [2.75, 3.05) is 6.61 Å². The lowest BCUT2D eigenvalue weighted by atomic mass is 10.1. The van der Waals surface area contributed by atoms with E-state index in [4.69, 9.17) is 15.9 Å². The lowest BCUT2D eigenvalue weighted by Crippen LogP contribution is -2.16. The van der Waals surface area contributed by atoms with Gasteiger partial charge in [-0.05, 0) is 6.07 Å².